The molecule has 0 spiro atoms. The van der Waals surface area contributed by atoms with E-state index in [1.165, 1.54) is 12.1 Å². The van der Waals surface area contributed by atoms with Crippen LogP contribution in [0.2, 0.25) is 0 Å². The molecular weight excluding hydrogens is 334 g/mol. The van der Waals surface area contributed by atoms with Crippen LogP contribution < -0.4 is 5.32 Å². The number of benzene rings is 2. The van der Waals surface area contributed by atoms with E-state index in [0.29, 0.717) is 10.0 Å². The molecule has 0 atom stereocenters. The first-order chi connectivity index (χ1) is 9.45. The number of anilines is 1. The van der Waals surface area contributed by atoms with Gasteiger partial charge in [-0.15, -0.1) is 0 Å². The molecule has 1 N–H and O–H groups in total. The number of non-ortho nitro benzene ring substituents is 1. The molecule has 0 aliphatic heterocycles. The minimum atomic E-state index is -0.726. The summed E-state index contributed by atoms with van der Waals surface area (Å²) >= 11 is 3.22. The van der Waals surface area contributed by atoms with E-state index < -0.39 is 16.6 Å². The number of hydrogen-bond donors (Lipinski definition) is 1. The lowest BCUT2D eigenvalue weighted by molar-refractivity contribution is -0.385. The van der Waals surface area contributed by atoms with Crippen molar-refractivity contribution in [3.63, 3.8) is 0 Å². The molecule has 7 heteroatoms. The van der Waals surface area contributed by atoms with Crippen LogP contribution in [0.1, 0.15) is 5.56 Å². The van der Waals surface area contributed by atoms with Gasteiger partial charge < -0.3 is 5.32 Å². The van der Waals surface area contributed by atoms with Gasteiger partial charge in [0.1, 0.15) is 11.6 Å². The Labute approximate surface area is 121 Å². The van der Waals surface area contributed by atoms with Crippen molar-refractivity contribution < 1.29 is 13.7 Å². The fourth-order valence-corrected chi connectivity index (χ4v) is 2.07. The molecule has 2 rings (SSSR count). The average molecular weight is 343 g/mol. The van der Waals surface area contributed by atoms with Crippen molar-refractivity contribution >= 4 is 27.3 Å². The number of rotatable bonds is 4. The Bertz CT molecular complexity index is 665. The van der Waals surface area contributed by atoms with Crippen LogP contribution in [0.5, 0.6) is 0 Å². The Morgan fingerprint density at radius 3 is 2.65 bits per heavy atom. The zero-order valence-electron chi connectivity index (χ0n) is 10.1. The third-order valence-electron chi connectivity index (χ3n) is 2.58. The van der Waals surface area contributed by atoms with Crippen molar-refractivity contribution in [3.05, 3.63) is 68.2 Å². The standard InChI is InChI=1S/C13H9BrF2N2O2/c14-9-1-2-13(16)8(3-9)7-17-11-4-10(15)5-12(6-11)18(19)20/h1-6,17H,7H2. The highest BCUT2D eigenvalue weighted by atomic mass is 79.9. The summed E-state index contributed by atoms with van der Waals surface area (Å²) in [6.07, 6.45) is 0. The van der Waals surface area contributed by atoms with Gasteiger partial charge in [-0.1, -0.05) is 15.9 Å². The van der Waals surface area contributed by atoms with Crippen LogP contribution in [0.15, 0.2) is 40.9 Å². The molecule has 0 unspecified atom stereocenters. The van der Waals surface area contributed by atoms with Gasteiger partial charge in [-0.3, -0.25) is 10.1 Å². The molecule has 0 aliphatic carbocycles. The van der Waals surface area contributed by atoms with E-state index in [-0.39, 0.29) is 17.9 Å². The predicted molar refractivity (Wildman–Crippen MR) is 74.5 cm³/mol. The first kappa shape index (κ1) is 14.4. The number of hydrogen-bond acceptors (Lipinski definition) is 3. The number of nitro groups is 1. The van der Waals surface area contributed by atoms with E-state index in [1.54, 1.807) is 12.1 Å². The summed E-state index contributed by atoms with van der Waals surface area (Å²) in [6, 6.07) is 7.57. The SMILES string of the molecule is O=[N+]([O-])c1cc(F)cc(NCc2cc(Br)ccc2F)c1. The van der Waals surface area contributed by atoms with Crippen LogP contribution in [-0.2, 0) is 6.54 Å². The Balaban J connectivity index is 2.18. The van der Waals surface area contributed by atoms with Crippen LogP contribution in [-0.4, -0.2) is 4.92 Å². The van der Waals surface area contributed by atoms with E-state index in [2.05, 4.69) is 21.2 Å². The highest BCUT2D eigenvalue weighted by molar-refractivity contribution is 9.10. The summed E-state index contributed by atoms with van der Waals surface area (Å²) in [5.74, 6) is -1.14. The molecule has 2 aromatic carbocycles. The van der Waals surface area contributed by atoms with Crippen molar-refractivity contribution in [1.82, 2.24) is 0 Å². The van der Waals surface area contributed by atoms with Gasteiger partial charge in [0.05, 0.1) is 11.0 Å². The Kier molecular flexibility index (Phi) is 4.29. The van der Waals surface area contributed by atoms with E-state index >= 15 is 0 Å². The molecule has 0 bridgehead atoms. The number of halogens is 3. The number of nitrogens with one attached hydrogen (secondary N) is 1. The molecule has 104 valence electrons. The summed E-state index contributed by atoms with van der Waals surface area (Å²) in [4.78, 5) is 9.94. The van der Waals surface area contributed by atoms with Gasteiger partial charge in [0.15, 0.2) is 0 Å². The topological polar surface area (TPSA) is 55.2 Å². The molecule has 0 heterocycles. The molecule has 20 heavy (non-hydrogen) atoms. The maximum absolute atomic E-state index is 13.5. The van der Waals surface area contributed by atoms with E-state index in [0.717, 1.165) is 12.1 Å². The second kappa shape index (κ2) is 5.96. The molecular formula is C13H9BrF2N2O2. The molecule has 0 aliphatic rings. The summed E-state index contributed by atoms with van der Waals surface area (Å²) in [7, 11) is 0. The van der Waals surface area contributed by atoms with Crippen LogP contribution in [0, 0.1) is 21.7 Å². The summed E-state index contributed by atoms with van der Waals surface area (Å²) in [5.41, 5.74) is 0.226. The van der Waals surface area contributed by atoms with E-state index in [9.17, 15) is 18.9 Å². The molecule has 2 aromatic rings. The van der Waals surface area contributed by atoms with Gasteiger partial charge in [-0.05, 0) is 24.3 Å². The fraction of sp³-hybridized carbons (Fsp3) is 0.0769. The van der Waals surface area contributed by atoms with Crippen LogP contribution >= 0.6 is 15.9 Å². The maximum atomic E-state index is 13.5. The van der Waals surface area contributed by atoms with E-state index in [4.69, 9.17) is 0 Å². The van der Waals surface area contributed by atoms with Gasteiger partial charge in [-0.25, -0.2) is 8.78 Å². The zero-order valence-corrected chi connectivity index (χ0v) is 11.7. The van der Waals surface area contributed by atoms with Crippen molar-refractivity contribution in [3.8, 4) is 0 Å². The normalized spacial score (nSPS) is 10.3. The lowest BCUT2D eigenvalue weighted by Crippen LogP contribution is -2.03. The summed E-state index contributed by atoms with van der Waals surface area (Å²) in [5, 5.41) is 13.4. The van der Waals surface area contributed by atoms with Gasteiger partial charge in [0.25, 0.3) is 5.69 Å². The lowest BCUT2D eigenvalue weighted by atomic mass is 10.2. The Hall–Kier alpha value is -2.02. The van der Waals surface area contributed by atoms with E-state index in [1.807, 2.05) is 0 Å². The Morgan fingerprint density at radius 1 is 1.20 bits per heavy atom. The zero-order chi connectivity index (χ0) is 14.7. The van der Waals surface area contributed by atoms with Gasteiger partial charge in [0.2, 0.25) is 0 Å². The van der Waals surface area contributed by atoms with Crippen molar-refractivity contribution in [2.24, 2.45) is 0 Å². The largest absolute Gasteiger partial charge is 0.381 e. The third kappa shape index (κ3) is 3.51. The second-order valence-corrected chi connectivity index (χ2v) is 4.96. The molecule has 0 fully saturated rings. The molecule has 0 saturated carbocycles. The minimum absolute atomic E-state index is 0.0892. The Morgan fingerprint density at radius 2 is 1.95 bits per heavy atom. The molecule has 4 nitrogen and oxygen atoms in total. The molecule has 0 radical (unpaired) electrons. The van der Waals surface area contributed by atoms with Crippen molar-refractivity contribution in [2.75, 3.05) is 5.32 Å². The lowest BCUT2D eigenvalue weighted by Gasteiger charge is -2.08. The van der Waals surface area contributed by atoms with Crippen LogP contribution in [0.4, 0.5) is 20.2 Å². The highest BCUT2D eigenvalue weighted by Crippen LogP contribution is 2.22. The van der Waals surface area contributed by atoms with Gasteiger partial charge in [0, 0.05) is 28.3 Å². The third-order valence-corrected chi connectivity index (χ3v) is 3.08. The highest BCUT2D eigenvalue weighted by Gasteiger charge is 2.10. The summed E-state index contributed by atoms with van der Waals surface area (Å²) < 4.78 is 27.5. The quantitative estimate of drug-likeness (QED) is 0.667. The number of nitrogens with zero attached hydrogens (tertiary/aromatic N) is 1. The van der Waals surface area contributed by atoms with Crippen molar-refractivity contribution in [2.45, 2.75) is 6.54 Å². The first-order valence-electron chi connectivity index (χ1n) is 5.58. The fourth-order valence-electron chi connectivity index (χ4n) is 1.66. The first-order valence-corrected chi connectivity index (χ1v) is 6.38. The van der Waals surface area contributed by atoms with Gasteiger partial charge in [-0.2, -0.15) is 0 Å². The maximum Gasteiger partial charge on any atom is 0.274 e. The molecule has 0 saturated heterocycles. The molecule has 0 aromatic heterocycles. The van der Waals surface area contributed by atoms with Crippen molar-refractivity contribution in [1.29, 1.82) is 0 Å². The monoisotopic (exact) mass is 342 g/mol. The van der Waals surface area contributed by atoms with Crippen LogP contribution in [0.25, 0.3) is 0 Å². The van der Waals surface area contributed by atoms with Crippen LogP contribution in [0.3, 0.4) is 0 Å². The van der Waals surface area contributed by atoms with Gasteiger partial charge >= 0.3 is 0 Å². The number of nitro benzene ring substituents is 1. The smallest absolute Gasteiger partial charge is 0.274 e. The molecule has 0 amide bonds. The minimum Gasteiger partial charge on any atom is -0.381 e. The summed E-state index contributed by atoms with van der Waals surface area (Å²) in [6.45, 7) is 0.0892. The average Bonchev–Trinajstić information content (AvgIpc) is 2.39. The second-order valence-electron chi connectivity index (χ2n) is 4.04. The predicted octanol–water partition coefficient (Wildman–Crippen LogP) is 4.25.